The van der Waals surface area contributed by atoms with E-state index in [1.54, 1.807) is 0 Å². The lowest BCUT2D eigenvalue weighted by atomic mass is 10.0. The molecule has 0 saturated heterocycles. The lowest BCUT2D eigenvalue weighted by Gasteiger charge is -2.14. The molecule has 0 radical (unpaired) electrons. The number of aryl methyl sites for hydroxylation is 3. The number of anilines is 2. The summed E-state index contributed by atoms with van der Waals surface area (Å²) in [6, 6.07) is 11.3. The molecule has 3 aromatic rings. The topological polar surface area (TPSA) is 71.3 Å². The summed E-state index contributed by atoms with van der Waals surface area (Å²) in [5.74, 6) is -0.0256. The van der Waals surface area contributed by atoms with Crippen molar-refractivity contribution in [2.45, 2.75) is 40.7 Å². The van der Waals surface area contributed by atoms with E-state index in [-0.39, 0.29) is 11.5 Å². The van der Waals surface area contributed by atoms with Crippen molar-refractivity contribution in [3.63, 3.8) is 0 Å². The van der Waals surface area contributed by atoms with Gasteiger partial charge in [0.25, 0.3) is 0 Å². The molecule has 2 aromatic carbocycles. The van der Waals surface area contributed by atoms with Crippen LogP contribution in [-0.4, -0.2) is 5.91 Å². The van der Waals surface area contributed by atoms with Crippen LogP contribution >= 0.6 is 0 Å². The zero-order valence-electron chi connectivity index (χ0n) is 16.1. The van der Waals surface area contributed by atoms with Crippen LogP contribution in [0.4, 0.5) is 11.4 Å². The predicted octanol–water partition coefficient (Wildman–Crippen LogP) is 4.68. The Morgan fingerprint density at radius 2 is 1.78 bits per heavy atom. The van der Waals surface area contributed by atoms with Crippen LogP contribution in [0.2, 0.25) is 0 Å². The minimum Gasteiger partial charge on any atom is -0.422 e. The second-order valence-corrected chi connectivity index (χ2v) is 6.76. The van der Waals surface area contributed by atoms with E-state index in [4.69, 9.17) is 4.42 Å². The molecule has 140 valence electrons. The number of hydrogen-bond donors (Lipinski definition) is 2. The molecule has 3 rings (SSSR count). The Morgan fingerprint density at radius 3 is 2.52 bits per heavy atom. The van der Waals surface area contributed by atoms with Gasteiger partial charge in [0.15, 0.2) is 0 Å². The summed E-state index contributed by atoms with van der Waals surface area (Å²) >= 11 is 0. The number of carbonyl (C=O) groups excluding carboxylic acids is 1. The van der Waals surface area contributed by atoms with E-state index in [1.165, 1.54) is 6.07 Å². The molecule has 1 heterocycles. The third-order valence-corrected chi connectivity index (χ3v) is 4.83. The average Bonchev–Trinajstić information content (AvgIpc) is 2.65. The summed E-state index contributed by atoms with van der Waals surface area (Å²) in [4.78, 5) is 23.6. The zero-order valence-corrected chi connectivity index (χ0v) is 16.1. The van der Waals surface area contributed by atoms with Crippen LogP contribution < -0.4 is 16.3 Å². The van der Waals surface area contributed by atoms with Crippen molar-refractivity contribution in [1.82, 2.24) is 0 Å². The highest BCUT2D eigenvalue weighted by Gasteiger charge is 2.10. The van der Waals surface area contributed by atoms with Crippen molar-refractivity contribution in [2.24, 2.45) is 0 Å². The normalized spacial score (nSPS) is 10.8. The van der Waals surface area contributed by atoms with Crippen LogP contribution in [0.15, 0.2) is 45.6 Å². The smallest absolute Gasteiger partial charge is 0.336 e. The van der Waals surface area contributed by atoms with Gasteiger partial charge in [0, 0.05) is 35.8 Å². The van der Waals surface area contributed by atoms with E-state index in [1.807, 2.05) is 58.0 Å². The fourth-order valence-corrected chi connectivity index (χ4v) is 3.00. The number of nitrogens with one attached hydrogen (secondary N) is 2. The third kappa shape index (κ3) is 4.03. The number of fused-ring (bicyclic) bond motifs is 1. The molecule has 1 amide bonds. The van der Waals surface area contributed by atoms with Crippen molar-refractivity contribution < 1.29 is 9.21 Å². The predicted molar refractivity (Wildman–Crippen MR) is 109 cm³/mol. The van der Waals surface area contributed by atoms with E-state index in [0.29, 0.717) is 18.5 Å². The first kappa shape index (κ1) is 18.7. The summed E-state index contributed by atoms with van der Waals surface area (Å²) in [6.07, 6.45) is 0.432. The van der Waals surface area contributed by atoms with Gasteiger partial charge in [-0.2, -0.15) is 0 Å². The van der Waals surface area contributed by atoms with E-state index in [9.17, 15) is 9.59 Å². The number of carbonyl (C=O) groups is 1. The molecule has 0 unspecified atom stereocenters. The Bertz CT molecular complexity index is 1070. The number of amides is 1. The SMILES string of the molecule is CCC(=O)Nc1ccc(C)c(NCc2cc(=O)oc3c(C)c(C)ccc23)c1. The Hall–Kier alpha value is -3.08. The van der Waals surface area contributed by atoms with Gasteiger partial charge in [0.05, 0.1) is 0 Å². The highest BCUT2D eigenvalue weighted by molar-refractivity contribution is 5.91. The summed E-state index contributed by atoms with van der Waals surface area (Å²) in [5, 5.41) is 7.18. The molecule has 1 aromatic heterocycles. The standard InChI is InChI=1S/C22H24N2O3/c1-5-20(25)24-17-8-6-14(3)19(11-17)23-12-16-10-21(26)27-22-15(4)13(2)7-9-18(16)22/h6-11,23H,5,12H2,1-4H3,(H,24,25). The largest absolute Gasteiger partial charge is 0.422 e. The Labute approximate surface area is 158 Å². The fraction of sp³-hybridized carbons (Fsp3) is 0.273. The van der Waals surface area contributed by atoms with Gasteiger partial charge >= 0.3 is 5.63 Å². The van der Waals surface area contributed by atoms with E-state index in [2.05, 4.69) is 10.6 Å². The van der Waals surface area contributed by atoms with Gasteiger partial charge in [-0.3, -0.25) is 4.79 Å². The minimum atomic E-state index is -0.353. The maximum Gasteiger partial charge on any atom is 0.336 e. The lowest BCUT2D eigenvalue weighted by molar-refractivity contribution is -0.115. The fourth-order valence-electron chi connectivity index (χ4n) is 3.00. The molecule has 0 fully saturated rings. The molecule has 5 heteroatoms. The van der Waals surface area contributed by atoms with E-state index in [0.717, 1.165) is 39.0 Å². The Morgan fingerprint density at radius 1 is 1.04 bits per heavy atom. The third-order valence-electron chi connectivity index (χ3n) is 4.83. The summed E-state index contributed by atoms with van der Waals surface area (Å²) in [6.45, 7) is 8.26. The number of rotatable bonds is 5. The van der Waals surface area contributed by atoms with Crippen molar-refractivity contribution in [3.8, 4) is 0 Å². The van der Waals surface area contributed by atoms with Crippen LogP contribution in [0, 0.1) is 20.8 Å². The van der Waals surface area contributed by atoms with Gasteiger partial charge in [0.1, 0.15) is 5.58 Å². The van der Waals surface area contributed by atoms with Crippen molar-refractivity contribution >= 4 is 28.3 Å². The summed E-state index contributed by atoms with van der Waals surface area (Å²) in [5.41, 5.74) is 5.95. The molecule has 0 saturated carbocycles. The minimum absolute atomic E-state index is 0.0256. The molecule has 0 aliphatic rings. The monoisotopic (exact) mass is 364 g/mol. The molecule has 0 bridgehead atoms. The van der Waals surface area contributed by atoms with Crippen LogP contribution in [0.25, 0.3) is 11.0 Å². The molecule has 0 aliphatic heterocycles. The quantitative estimate of drug-likeness (QED) is 0.645. The van der Waals surface area contributed by atoms with Crippen LogP contribution in [0.5, 0.6) is 0 Å². The number of hydrogen-bond acceptors (Lipinski definition) is 4. The van der Waals surface area contributed by atoms with Crippen molar-refractivity contribution in [1.29, 1.82) is 0 Å². The summed E-state index contributed by atoms with van der Waals surface area (Å²) in [7, 11) is 0. The lowest BCUT2D eigenvalue weighted by Crippen LogP contribution is -2.10. The van der Waals surface area contributed by atoms with Gasteiger partial charge in [-0.25, -0.2) is 4.79 Å². The molecular weight excluding hydrogens is 340 g/mol. The summed E-state index contributed by atoms with van der Waals surface area (Å²) < 4.78 is 5.43. The first-order valence-corrected chi connectivity index (χ1v) is 9.06. The van der Waals surface area contributed by atoms with Crippen LogP contribution in [-0.2, 0) is 11.3 Å². The van der Waals surface area contributed by atoms with Gasteiger partial charge in [0.2, 0.25) is 5.91 Å². The van der Waals surface area contributed by atoms with Crippen LogP contribution in [0.3, 0.4) is 0 Å². The molecule has 0 spiro atoms. The highest BCUT2D eigenvalue weighted by atomic mass is 16.4. The Balaban J connectivity index is 1.91. The molecule has 2 N–H and O–H groups in total. The van der Waals surface area contributed by atoms with E-state index >= 15 is 0 Å². The number of benzene rings is 2. The molecule has 0 aliphatic carbocycles. The second kappa shape index (κ2) is 7.66. The van der Waals surface area contributed by atoms with Gasteiger partial charge < -0.3 is 15.1 Å². The van der Waals surface area contributed by atoms with Crippen molar-refractivity contribution in [3.05, 3.63) is 69.1 Å². The molecule has 0 atom stereocenters. The Kier molecular flexibility index (Phi) is 5.31. The zero-order chi connectivity index (χ0) is 19.6. The van der Waals surface area contributed by atoms with Crippen molar-refractivity contribution in [2.75, 3.05) is 10.6 Å². The van der Waals surface area contributed by atoms with Gasteiger partial charge in [-0.05, 0) is 55.2 Å². The molecule has 5 nitrogen and oxygen atoms in total. The van der Waals surface area contributed by atoms with Gasteiger partial charge in [-0.1, -0.05) is 25.1 Å². The highest BCUT2D eigenvalue weighted by Crippen LogP contribution is 2.25. The first-order valence-electron chi connectivity index (χ1n) is 9.06. The molecule has 27 heavy (non-hydrogen) atoms. The first-order chi connectivity index (χ1) is 12.9. The van der Waals surface area contributed by atoms with E-state index < -0.39 is 0 Å². The molecular formula is C22H24N2O3. The van der Waals surface area contributed by atoms with Gasteiger partial charge in [-0.15, -0.1) is 0 Å². The average molecular weight is 364 g/mol. The van der Waals surface area contributed by atoms with Crippen LogP contribution in [0.1, 0.15) is 35.6 Å². The maximum absolute atomic E-state index is 12.0. The second-order valence-electron chi connectivity index (χ2n) is 6.76. The maximum atomic E-state index is 12.0.